The van der Waals surface area contributed by atoms with Crippen LogP contribution in [0.5, 0.6) is 5.75 Å². The number of halogens is 2. The molecule has 0 radical (unpaired) electrons. The lowest BCUT2D eigenvalue weighted by molar-refractivity contribution is 0.152. The molecule has 0 aliphatic carbocycles. The lowest BCUT2D eigenvalue weighted by Crippen LogP contribution is -2.31. The molecular weight excluding hydrogens is 254 g/mol. The molecule has 4 nitrogen and oxygen atoms in total. The van der Waals surface area contributed by atoms with Crippen molar-refractivity contribution in [3.05, 3.63) is 18.2 Å². The normalized spacial score (nSPS) is 11.1. The smallest absolute Gasteiger partial charge is 0.255 e. The SMILES string of the molecule is CC(C)Oc1cc(N)cc(N(CCO)CC(F)F)c1. The molecule has 108 valence electrons. The van der Waals surface area contributed by atoms with E-state index in [2.05, 4.69) is 0 Å². The monoisotopic (exact) mass is 274 g/mol. The van der Waals surface area contributed by atoms with E-state index >= 15 is 0 Å². The maximum atomic E-state index is 12.5. The predicted molar refractivity (Wildman–Crippen MR) is 71.9 cm³/mol. The summed E-state index contributed by atoms with van der Waals surface area (Å²) in [6, 6.07) is 4.88. The van der Waals surface area contributed by atoms with Crippen LogP contribution in [0.4, 0.5) is 20.2 Å². The van der Waals surface area contributed by atoms with Gasteiger partial charge in [-0.1, -0.05) is 0 Å². The Morgan fingerprint density at radius 1 is 1.32 bits per heavy atom. The summed E-state index contributed by atoms with van der Waals surface area (Å²) in [5.41, 5.74) is 6.70. The second-order valence-electron chi connectivity index (χ2n) is 4.49. The minimum Gasteiger partial charge on any atom is -0.491 e. The van der Waals surface area contributed by atoms with Gasteiger partial charge in [-0.3, -0.25) is 0 Å². The summed E-state index contributed by atoms with van der Waals surface area (Å²) in [6.07, 6.45) is -2.52. The van der Waals surface area contributed by atoms with Crippen molar-refractivity contribution in [2.75, 3.05) is 30.3 Å². The molecule has 0 heterocycles. The number of hydrogen-bond donors (Lipinski definition) is 2. The van der Waals surface area contributed by atoms with Crippen molar-refractivity contribution in [1.82, 2.24) is 0 Å². The molecule has 0 aliphatic heterocycles. The fourth-order valence-corrected chi connectivity index (χ4v) is 1.74. The second-order valence-corrected chi connectivity index (χ2v) is 4.49. The quantitative estimate of drug-likeness (QED) is 0.748. The highest BCUT2D eigenvalue weighted by Crippen LogP contribution is 2.26. The van der Waals surface area contributed by atoms with E-state index in [1.165, 1.54) is 4.90 Å². The maximum absolute atomic E-state index is 12.5. The molecule has 3 N–H and O–H groups in total. The molecule has 1 rings (SSSR count). The number of nitrogens with two attached hydrogens (primary N) is 1. The number of aliphatic hydroxyl groups is 1. The zero-order valence-corrected chi connectivity index (χ0v) is 11.1. The largest absolute Gasteiger partial charge is 0.491 e. The van der Waals surface area contributed by atoms with Crippen molar-refractivity contribution < 1.29 is 18.6 Å². The van der Waals surface area contributed by atoms with Gasteiger partial charge in [0.2, 0.25) is 0 Å². The van der Waals surface area contributed by atoms with Gasteiger partial charge < -0.3 is 20.5 Å². The average Bonchev–Trinajstić information content (AvgIpc) is 2.26. The first-order valence-corrected chi connectivity index (χ1v) is 6.13. The van der Waals surface area contributed by atoms with E-state index in [9.17, 15) is 8.78 Å². The molecule has 19 heavy (non-hydrogen) atoms. The lowest BCUT2D eigenvalue weighted by Gasteiger charge is -2.24. The molecule has 0 fully saturated rings. The van der Waals surface area contributed by atoms with Gasteiger partial charge in [-0.15, -0.1) is 0 Å². The Bertz CT molecular complexity index is 400. The van der Waals surface area contributed by atoms with Gasteiger partial charge in [-0.05, 0) is 19.9 Å². The van der Waals surface area contributed by atoms with E-state index in [1.807, 2.05) is 13.8 Å². The molecule has 0 bridgehead atoms. The number of nitrogen functional groups attached to an aromatic ring is 1. The van der Waals surface area contributed by atoms with Crippen molar-refractivity contribution in [2.45, 2.75) is 26.4 Å². The molecule has 0 amide bonds. The van der Waals surface area contributed by atoms with Crippen LogP contribution in [0.3, 0.4) is 0 Å². The number of rotatable bonds is 7. The topological polar surface area (TPSA) is 58.7 Å². The van der Waals surface area contributed by atoms with Gasteiger partial charge in [-0.2, -0.15) is 0 Å². The van der Waals surface area contributed by atoms with E-state index in [-0.39, 0.29) is 19.3 Å². The van der Waals surface area contributed by atoms with Crippen molar-refractivity contribution in [3.8, 4) is 5.75 Å². The zero-order valence-electron chi connectivity index (χ0n) is 11.1. The van der Waals surface area contributed by atoms with E-state index in [4.69, 9.17) is 15.6 Å². The molecule has 0 atom stereocenters. The van der Waals surface area contributed by atoms with Gasteiger partial charge in [0.1, 0.15) is 5.75 Å². The summed E-state index contributed by atoms with van der Waals surface area (Å²) in [4.78, 5) is 1.38. The van der Waals surface area contributed by atoms with Crippen LogP contribution in [0.2, 0.25) is 0 Å². The van der Waals surface area contributed by atoms with E-state index < -0.39 is 13.0 Å². The van der Waals surface area contributed by atoms with Crippen LogP contribution < -0.4 is 15.4 Å². The molecule has 1 aromatic rings. The van der Waals surface area contributed by atoms with Crippen LogP contribution in [0.25, 0.3) is 0 Å². The number of ether oxygens (including phenoxy) is 1. The molecule has 6 heteroatoms. The third-order valence-electron chi connectivity index (χ3n) is 2.38. The van der Waals surface area contributed by atoms with Crippen LogP contribution in [-0.4, -0.2) is 37.3 Å². The van der Waals surface area contributed by atoms with Crippen LogP contribution in [0.1, 0.15) is 13.8 Å². The van der Waals surface area contributed by atoms with Crippen molar-refractivity contribution >= 4 is 11.4 Å². The van der Waals surface area contributed by atoms with Gasteiger partial charge >= 0.3 is 0 Å². The fourth-order valence-electron chi connectivity index (χ4n) is 1.74. The minimum absolute atomic E-state index is 0.0314. The zero-order chi connectivity index (χ0) is 14.4. The number of hydrogen-bond acceptors (Lipinski definition) is 4. The molecule has 0 spiro atoms. The molecule has 0 unspecified atom stereocenters. The molecule has 1 aromatic carbocycles. The summed E-state index contributed by atoms with van der Waals surface area (Å²) in [5, 5.41) is 8.95. The van der Waals surface area contributed by atoms with Gasteiger partial charge in [0.05, 0.1) is 19.3 Å². The molecule has 0 aromatic heterocycles. The summed E-state index contributed by atoms with van der Waals surface area (Å²) in [5.74, 6) is 0.530. The number of anilines is 2. The number of aliphatic hydroxyl groups excluding tert-OH is 1. The van der Waals surface area contributed by atoms with Gasteiger partial charge in [0.15, 0.2) is 0 Å². The molecular formula is C13H20F2N2O2. The summed E-state index contributed by atoms with van der Waals surface area (Å²) >= 11 is 0. The first-order chi connectivity index (χ1) is 8.92. The van der Waals surface area contributed by atoms with Crippen molar-refractivity contribution in [3.63, 3.8) is 0 Å². The minimum atomic E-state index is -2.48. The Labute approximate surface area is 111 Å². The van der Waals surface area contributed by atoms with Crippen LogP contribution in [-0.2, 0) is 0 Å². The maximum Gasteiger partial charge on any atom is 0.255 e. The Morgan fingerprint density at radius 2 is 2.00 bits per heavy atom. The van der Waals surface area contributed by atoms with Gasteiger partial charge in [0.25, 0.3) is 6.43 Å². The highest BCUT2D eigenvalue weighted by molar-refractivity contribution is 5.60. The van der Waals surface area contributed by atoms with Gasteiger partial charge in [0, 0.05) is 30.1 Å². The standard InChI is InChI=1S/C13H20F2N2O2/c1-9(2)19-12-6-10(16)5-11(7-12)17(3-4-18)8-13(14)15/h5-7,9,13,18H,3-4,8,16H2,1-2H3. The van der Waals surface area contributed by atoms with E-state index in [0.717, 1.165) is 0 Å². The Balaban J connectivity index is 2.97. The Kier molecular flexibility index (Phi) is 5.82. The average molecular weight is 274 g/mol. The van der Waals surface area contributed by atoms with Crippen LogP contribution in [0, 0.1) is 0 Å². The lowest BCUT2D eigenvalue weighted by atomic mass is 10.2. The third-order valence-corrected chi connectivity index (χ3v) is 2.38. The highest BCUT2D eigenvalue weighted by Gasteiger charge is 2.14. The summed E-state index contributed by atoms with van der Waals surface area (Å²) in [7, 11) is 0. The highest BCUT2D eigenvalue weighted by atomic mass is 19.3. The summed E-state index contributed by atoms with van der Waals surface area (Å²) in [6.45, 7) is 3.20. The van der Waals surface area contributed by atoms with Crippen LogP contribution >= 0.6 is 0 Å². The predicted octanol–water partition coefficient (Wildman–Crippen LogP) is 2.12. The molecule has 0 saturated heterocycles. The summed E-state index contributed by atoms with van der Waals surface area (Å²) < 4.78 is 30.6. The van der Waals surface area contributed by atoms with E-state index in [0.29, 0.717) is 17.1 Å². The second kappa shape index (κ2) is 7.13. The van der Waals surface area contributed by atoms with Crippen molar-refractivity contribution in [1.29, 1.82) is 0 Å². The number of nitrogens with zero attached hydrogens (tertiary/aromatic N) is 1. The Hall–Kier alpha value is -1.56. The van der Waals surface area contributed by atoms with E-state index in [1.54, 1.807) is 18.2 Å². The fraction of sp³-hybridized carbons (Fsp3) is 0.538. The Morgan fingerprint density at radius 3 is 2.53 bits per heavy atom. The molecule has 0 aliphatic rings. The first-order valence-electron chi connectivity index (χ1n) is 6.13. The number of alkyl halides is 2. The van der Waals surface area contributed by atoms with Crippen molar-refractivity contribution in [2.24, 2.45) is 0 Å². The third kappa shape index (κ3) is 5.30. The van der Waals surface area contributed by atoms with Crippen LogP contribution in [0.15, 0.2) is 18.2 Å². The van der Waals surface area contributed by atoms with Gasteiger partial charge in [-0.25, -0.2) is 8.78 Å². The molecule has 0 saturated carbocycles. The number of benzene rings is 1. The first kappa shape index (κ1) is 15.5.